The number of carbonyl (C=O) groups excluding carboxylic acids is 1. The van der Waals surface area contributed by atoms with E-state index in [0.717, 1.165) is 17.5 Å². The van der Waals surface area contributed by atoms with Crippen LogP contribution in [0, 0.1) is 0 Å². The Morgan fingerprint density at radius 3 is 2.48 bits per heavy atom. The van der Waals surface area contributed by atoms with Gasteiger partial charge < -0.3 is 5.32 Å². The van der Waals surface area contributed by atoms with Crippen LogP contribution in [-0.2, 0) is 11.2 Å². The molecule has 0 aliphatic heterocycles. The van der Waals surface area contributed by atoms with Crippen LogP contribution in [0.5, 0.6) is 0 Å². The van der Waals surface area contributed by atoms with Gasteiger partial charge in [-0.15, -0.1) is 11.3 Å². The summed E-state index contributed by atoms with van der Waals surface area (Å²) in [6, 6.07) is 12.1. The van der Waals surface area contributed by atoms with Crippen molar-refractivity contribution in [2.75, 3.05) is 5.32 Å². The summed E-state index contributed by atoms with van der Waals surface area (Å²) in [5.41, 5.74) is 3.20. The molecule has 0 saturated carbocycles. The number of halogens is 2. The smallest absolute Gasteiger partial charge is 0.263 e. The Morgan fingerprint density at radius 2 is 1.84 bits per heavy atom. The molecular weight excluding hydrogens is 453 g/mol. The van der Waals surface area contributed by atoms with Crippen molar-refractivity contribution in [1.29, 1.82) is 0 Å². The summed E-state index contributed by atoms with van der Waals surface area (Å²) in [4.78, 5) is 31.2. The molecular formula is C23H19Cl2N3O2S. The molecule has 5 nitrogen and oxygen atoms in total. The molecule has 8 heteroatoms. The molecule has 1 N–H and O–H groups in total. The Kier molecular flexibility index (Phi) is 6.14. The zero-order valence-corrected chi connectivity index (χ0v) is 19.2. The number of thiophene rings is 1. The second kappa shape index (κ2) is 8.83. The predicted octanol–water partition coefficient (Wildman–Crippen LogP) is 6.19. The quantitative estimate of drug-likeness (QED) is 0.377. The van der Waals surface area contributed by atoms with E-state index in [-0.39, 0.29) is 11.5 Å². The fraction of sp³-hybridized carbons (Fsp3) is 0.174. The minimum absolute atomic E-state index is 0.257. The highest BCUT2D eigenvalue weighted by molar-refractivity contribution is 7.17. The molecule has 0 saturated heterocycles. The van der Waals surface area contributed by atoms with E-state index < -0.39 is 6.04 Å². The summed E-state index contributed by atoms with van der Waals surface area (Å²) < 4.78 is 1.35. The molecule has 0 radical (unpaired) electrons. The number of hydrogen-bond acceptors (Lipinski definition) is 4. The van der Waals surface area contributed by atoms with E-state index in [4.69, 9.17) is 23.2 Å². The van der Waals surface area contributed by atoms with Gasteiger partial charge in [0.05, 0.1) is 11.7 Å². The topological polar surface area (TPSA) is 64.0 Å². The van der Waals surface area contributed by atoms with Crippen molar-refractivity contribution in [3.05, 3.63) is 80.1 Å². The second-order valence-corrected chi connectivity index (χ2v) is 8.89. The van der Waals surface area contributed by atoms with Crippen molar-refractivity contribution >= 4 is 56.3 Å². The number of carbonyl (C=O) groups is 1. The maximum atomic E-state index is 13.3. The molecule has 1 atom stereocenters. The normalized spacial score (nSPS) is 12.1. The summed E-state index contributed by atoms with van der Waals surface area (Å²) in [6.07, 6.45) is 2.36. The number of anilines is 1. The summed E-state index contributed by atoms with van der Waals surface area (Å²) >= 11 is 13.4. The van der Waals surface area contributed by atoms with Gasteiger partial charge in [0.2, 0.25) is 5.91 Å². The van der Waals surface area contributed by atoms with Crippen LogP contribution < -0.4 is 10.9 Å². The molecule has 4 aromatic rings. The number of benzene rings is 2. The zero-order valence-electron chi connectivity index (χ0n) is 16.9. The Bertz CT molecular complexity index is 1310. The SMILES string of the molecule is CCc1ccc(-c2csc3ncn(C(C)C(=O)Nc4cc(Cl)cc(Cl)c4)c(=O)c23)cc1. The standard InChI is InChI=1S/C23H19Cl2N3O2S/c1-3-14-4-6-15(7-5-14)19-11-31-22-20(19)23(30)28(12-26-22)13(2)21(29)27-18-9-16(24)8-17(25)10-18/h4-13H,3H2,1-2H3,(H,27,29). The third kappa shape index (κ3) is 4.37. The number of nitrogens with one attached hydrogen (secondary N) is 1. The van der Waals surface area contributed by atoms with Gasteiger partial charge in [-0.05, 0) is 42.7 Å². The third-order valence-corrected chi connectivity index (χ3v) is 6.44. The number of aromatic nitrogens is 2. The first-order chi connectivity index (χ1) is 14.9. The lowest BCUT2D eigenvalue weighted by Gasteiger charge is -2.15. The van der Waals surface area contributed by atoms with E-state index >= 15 is 0 Å². The highest BCUT2D eigenvalue weighted by Crippen LogP contribution is 2.31. The molecule has 0 spiro atoms. The fourth-order valence-electron chi connectivity index (χ4n) is 3.35. The van der Waals surface area contributed by atoms with E-state index in [9.17, 15) is 9.59 Å². The first-order valence-electron chi connectivity index (χ1n) is 9.72. The van der Waals surface area contributed by atoms with Crippen molar-refractivity contribution in [2.24, 2.45) is 0 Å². The number of nitrogens with zero attached hydrogens (tertiary/aromatic N) is 2. The number of rotatable bonds is 5. The minimum Gasteiger partial charge on any atom is -0.324 e. The second-order valence-electron chi connectivity index (χ2n) is 7.16. The van der Waals surface area contributed by atoms with Crippen molar-refractivity contribution in [1.82, 2.24) is 9.55 Å². The first kappa shape index (κ1) is 21.6. The van der Waals surface area contributed by atoms with Gasteiger partial charge in [0, 0.05) is 26.7 Å². The van der Waals surface area contributed by atoms with E-state index in [2.05, 4.69) is 29.4 Å². The third-order valence-electron chi connectivity index (χ3n) is 5.12. The van der Waals surface area contributed by atoms with E-state index in [0.29, 0.717) is 25.9 Å². The number of hydrogen-bond donors (Lipinski definition) is 1. The predicted molar refractivity (Wildman–Crippen MR) is 128 cm³/mol. The Hall–Kier alpha value is -2.67. The number of amides is 1. The van der Waals surface area contributed by atoms with Gasteiger partial charge in [-0.2, -0.15) is 0 Å². The minimum atomic E-state index is -0.780. The van der Waals surface area contributed by atoms with E-state index in [1.165, 1.54) is 27.8 Å². The molecule has 158 valence electrons. The van der Waals surface area contributed by atoms with Gasteiger partial charge in [0.1, 0.15) is 10.9 Å². The van der Waals surface area contributed by atoms with Crippen LogP contribution in [0.3, 0.4) is 0 Å². The van der Waals surface area contributed by atoms with Crippen LogP contribution in [0.15, 0.2) is 59.0 Å². The molecule has 1 unspecified atom stereocenters. The molecule has 0 fully saturated rings. The maximum absolute atomic E-state index is 13.3. The van der Waals surface area contributed by atoms with Gasteiger partial charge in [-0.25, -0.2) is 4.98 Å². The molecule has 1 amide bonds. The summed E-state index contributed by atoms with van der Waals surface area (Å²) in [6.45, 7) is 3.75. The lowest BCUT2D eigenvalue weighted by molar-refractivity contribution is -0.118. The largest absolute Gasteiger partial charge is 0.324 e. The Labute approximate surface area is 193 Å². The molecule has 2 aromatic heterocycles. The first-order valence-corrected chi connectivity index (χ1v) is 11.4. The van der Waals surface area contributed by atoms with E-state index in [1.54, 1.807) is 25.1 Å². The summed E-state index contributed by atoms with van der Waals surface area (Å²) in [5, 5.41) is 6.03. The molecule has 0 bridgehead atoms. The van der Waals surface area contributed by atoms with Crippen molar-refractivity contribution in [2.45, 2.75) is 26.3 Å². The van der Waals surface area contributed by atoms with Crippen LogP contribution in [0.4, 0.5) is 5.69 Å². The van der Waals surface area contributed by atoms with Crippen LogP contribution in [0.2, 0.25) is 10.0 Å². The molecule has 4 rings (SSSR count). The van der Waals surface area contributed by atoms with Crippen LogP contribution >= 0.6 is 34.5 Å². The molecule has 2 aromatic carbocycles. The van der Waals surface area contributed by atoms with Crippen molar-refractivity contribution in [3.8, 4) is 11.1 Å². The van der Waals surface area contributed by atoms with Gasteiger partial charge in [-0.1, -0.05) is 54.4 Å². The van der Waals surface area contributed by atoms with Gasteiger partial charge in [-0.3, -0.25) is 14.2 Å². The Balaban J connectivity index is 1.69. The van der Waals surface area contributed by atoms with Gasteiger partial charge >= 0.3 is 0 Å². The molecule has 31 heavy (non-hydrogen) atoms. The Morgan fingerprint density at radius 1 is 1.16 bits per heavy atom. The fourth-order valence-corrected chi connectivity index (χ4v) is 4.79. The summed E-state index contributed by atoms with van der Waals surface area (Å²) in [7, 11) is 0. The lowest BCUT2D eigenvalue weighted by Crippen LogP contribution is -2.31. The average molecular weight is 472 g/mol. The monoisotopic (exact) mass is 471 g/mol. The summed E-state index contributed by atoms with van der Waals surface area (Å²) in [5.74, 6) is -0.370. The van der Waals surface area contributed by atoms with Crippen LogP contribution in [-0.4, -0.2) is 15.5 Å². The zero-order chi connectivity index (χ0) is 22.1. The van der Waals surface area contributed by atoms with Gasteiger partial charge in [0.15, 0.2) is 0 Å². The van der Waals surface area contributed by atoms with Crippen LogP contribution in [0.1, 0.15) is 25.5 Å². The molecule has 2 heterocycles. The number of fused-ring (bicyclic) bond motifs is 1. The highest BCUT2D eigenvalue weighted by Gasteiger charge is 2.20. The van der Waals surface area contributed by atoms with Crippen molar-refractivity contribution < 1.29 is 4.79 Å². The molecule has 0 aliphatic carbocycles. The number of aryl methyl sites for hydroxylation is 1. The average Bonchev–Trinajstić information content (AvgIpc) is 3.18. The van der Waals surface area contributed by atoms with Crippen molar-refractivity contribution in [3.63, 3.8) is 0 Å². The lowest BCUT2D eigenvalue weighted by atomic mass is 10.0. The maximum Gasteiger partial charge on any atom is 0.263 e. The highest BCUT2D eigenvalue weighted by atomic mass is 35.5. The van der Waals surface area contributed by atoms with E-state index in [1.807, 2.05) is 17.5 Å². The van der Waals surface area contributed by atoms with Crippen LogP contribution in [0.25, 0.3) is 21.3 Å². The van der Waals surface area contributed by atoms with Gasteiger partial charge in [0.25, 0.3) is 5.56 Å². The molecule has 0 aliphatic rings.